The van der Waals surface area contributed by atoms with E-state index in [1.54, 1.807) is 0 Å². The molecular formula is C17H23NO3. The van der Waals surface area contributed by atoms with Crippen LogP contribution in [0.15, 0.2) is 18.2 Å². The van der Waals surface area contributed by atoms with Gasteiger partial charge in [-0.05, 0) is 36.0 Å². The molecule has 0 amide bonds. The molecule has 21 heavy (non-hydrogen) atoms. The van der Waals surface area contributed by atoms with Crippen molar-refractivity contribution in [1.82, 2.24) is 0 Å². The third kappa shape index (κ3) is 2.45. The van der Waals surface area contributed by atoms with Crippen molar-refractivity contribution in [1.29, 1.82) is 0 Å². The Kier molecular flexibility index (Phi) is 3.40. The summed E-state index contributed by atoms with van der Waals surface area (Å²) >= 11 is 0. The van der Waals surface area contributed by atoms with Crippen LogP contribution in [0.2, 0.25) is 0 Å². The average molecular weight is 289 g/mol. The maximum atomic E-state index is 6.58. The highest BCUT2D eigenvalue weighted by Crippen LogP contribution is 2.41. The van der Waals surface area contributed by atoms with Gasteiger partial charge in [-0.25, -0.2) is 0 Å². The van der Waals surface area contributed by atoms with Gasteiger partial charge in [0.15, 0.2) is 0 Å². The van der Waals surface area contributed by atoms with Crippen molar-refractivity contribution in [3.8, 4) is 5.75 Å². The second-order valence-electron chi connectivity index (χ2n) is 6.58. The Bertz CT molecular complexity index is 525. The van der Waals surface area contributed by atoms with E-state index in [0.29, 0.717) is 5.92 Å². The fourth-order valence-electron chi connectivity index (χ4n) is 3.92. The van der Waals surface area contributed by atoms with Gasteiger partial charge in [-0.3, -0.25) is 0 Å². The van der Waals surface area contributed by atoms with Crippen molar-refractivity contribution in [2.24, 2.45) is 11.7 Å². The lowest BCUT2D eigenvalue weighted by Crippen LogP contribution is -2.43. The molecular weight excluding hydrogens is 266 g/mol. The van der Waals surface area contributed by atoms with Crippen LogP contribution in [0.1, 0.15) is 36.4 Å². The number of benzene rings is 1. The number of fused-ring (bicyclic) bond motifs is 1. The van der Waals surface area contributed by atoms with E-state index in [2.05, 4.69) is 18.2 Å². The van der Waals surface area contributed by atoms with Crippen LogP contribution in [-0.4, -0.2) is 32.0 Å². The molecule has 4 heteroatoms. The summed E-state index contributed by atoms with van der Waals surface area (Å²) in [6.45, 7) is 3.15. The highest BCUT2D eigenvalue weighted by atomic mass is 16.6. The van der Waals surface area contributed by atoms with Gasteiger partial charge in [0.2, 0.25) is 0 Å². The van der Waals surface area contributed by atoms with Crippen molar-refractivity contribution in [2.75, 3.05) is 26.4 Å². The quantitative estimate of drug-likeness (QED) is 0.907. The van der Waals surface area contributed by atoms with E-state index >= 15 is 0 Å². The predicted octanol–water partition coefficient (Wildman–Crippen LogP) is 2.21. The fraction of sp³-hybridized carbons (Fsp3) is 0.647. The second-order valence-corrected chi connectivity index (χ2v) is 6.58. The highest BCUT2D eigenvalue weighted by molar-refractivity contribution is 5.40. The van der Waals surface area contributed by atoms with Gasteiger partial charge in [0, 0.05) is 32.1 Å². The molecule has 2 saturated heterocycles. The van der Waals surface area contributed by atoms with Crippen LogP contribution in [0.5, 0.6) is 5.75 Å². The normalized spacial score (nSPS) is 32.9. The fourth-order valence-corrected chi connectivity index (χ4v) is 3.92. The molecule has 4 nitrogen and oxygen atoms in total. The van der Waals surface area contributed by atoms with Gasteiger partial charge in [0.05, 0.1) is 18.8 Å². The Labute approximate surface area is 125 Å². The van der Waals surface area contributed by atoms with Crippen LogP contribution in [-0.2, 0) is 15.9 Å². The smallest absolute Gasteiger partial charge is 0.122 e. The molecule has 0 bridgehead atoms. The molecule has 0 aliphatic carbocycles. The Morgan fingerprint density at radius 3 is 3.05 bits per heavy atom. The van der Waals surface area contributed by atoms with Gasteiger partial charge in [-0.1, -0.05) is 12.1 Å². The van der Waals surface area contributed by atoms with Gasteiger partial charge in [0.25, 0.3) is 0 Å². The summed E-state index contributed by atoms with van der Waals surface area (Å²) in [7, 11) is 0. The molecule has 3 unspecified atom stereocenters. The first-order valence-electron chi connectivity index (χ1n) is 7.99. The van der Waals surface area contributed by atoms with Crippen LogP contribution < -0.4 is 10.5 Å². The maximum absolute atomic E-state index is 6.58. The monoisotopic (exact) mass is 289 g/mol. The van der Waals surface area contributed by atoms with Gasteiger partial charge in [-0.2, -0.15) is 0 Å². The molecule has 4 rings (SSSR count). The highest BCUT2D eigenvalue weighted by Gasteiger charge is 2.42. The molecule has 114 valence electrons. The van der Waals surface area contributed by atoms with Crippen LogP contribution in [0, 0.1) is 5.92 Å². The first-order chi connectivity index (χ1) is 10.3. The van der Waals surface area contributed by atoms with Crippen molar-refractivity contribution in [3.05, 3.63) is 29.3 Å². The number of nitrogens with two attached hydrogens (primary N) is 1. The maximum Gasteiger partial charge on any atom is 0.122 e. The topological polar surface area (TPSA) is 53.7 Å². The summed E-state index contributed by atoms with van der Waals surface area (Å²) in [5.41, 5.74) is 9.04. The molecule has 1 spiro atoms. The summed E-state index contributed by atoms with van der Waals surface area (Å²) in [6.07, 6.45) is 4.06. The van der Waals surface area contributed by atoms with Crippen molar-refractivity contribution >= 4 is 0 Å². The zero-order valence-electron chi connectivity index (χ0n) is 12.3. The van der Waals surface area contributed by atoms with E-state index < -0.39 is 0 Å². The van der Waals surface area contributed by atoms with Crippen LogP contribution >= 0.6 is 0 Å². The molecule has 1 aromatic carbocycles. The molecule has 0 aromatic heterocycles. The number of hydrogen-bond donors (Lipinski definition) is 1. The van der Waals surface area contributed by atoms with Crippen molar-refractivity contribution < 1.29 is 14.2 Å². The summed E-state index contributed by atoms with van der Waals surface area (Å²) in [5.74, 6) is 1.50. The van der Waals surface area contributed by atoms with Gasteiger partial charge in [-0.15, -0.1) is 0 Å². The van der Waals surface area contributed by atoms with E-state index in [-0.39, 0.29) is 11.6 Å². The van der Waals surface area contributed by atoms with E-state index in [1.807, 2.05) is 0 Å². The molecule has 0 radical (unpaired) electrons. The predicted molar refractivity (Wildman–Crippen MR) is 79.4 cm³/mol. The standard InChI is InChI=1S/C17H23NO3/c18-16(13-1-2-15-12(9-13)3-6-20-15)14-4-7-21-17(10-14)5-8-19-11-17/h1-2,9,14,16H,3-8,10-11,18H2. The third-order valence-electron chi connectivity index (χ3n) is 5.20. The lowest BCUT2D eigenvalue weighted by Gasteiger charge is -2.39. The Morgan fingerprint density at radius 1 is 1.24 bits per heavy atom. The van der Waals surface area contributed by atoms with E-state index in [9.17, 15) is 0 Å². The average Bonchev–Trinajstić information content (AvgIpc) is 3.15. The summed E-state index contributed by atoms with van der Waals surface area (Å²) in [5, 5.41) is 0. The van der Waals surface area contributed by atoms with Gasteiger partial charge in [0.1, 0.15) is 5.75 Å². The van der Waals surface area contributed by atoms with E-state index in [4.69, 9.17) is 19.9 Å². The third-order valence-corrected chi connectivity index (χ3v) is 5.20. The summed E-state index contributed by atoms with van der Waals surface area (Å²) in [4.78, 5) is 0. The van der Waals surface area contributed by atoms with Gasteiger partial charge < -0.3 is 19.9 Å². The number of rotatable bonds is 2. The van der Waals surface area contributed by atoms with Crippen molar-refractivity contribution in [3.63, 3.8) is 0 Å². The lowest BCUT2D eigenvalue weighted by molar-refractivity contribution is -0.101. The largest absolute Gasteiger partial charge is 0.493 e. The Balaban J connectivity index is 1.52. The molecule has 3 aliphatic heterocycles. The van der Waals surface area contributed by atoms with Gasteiger partial charge >= 0.3 is 0 Å². The van der Waals surface area contributed by atoms with Crippen LogP contribution in [0.25, 0.3) is 0 Å². The summed E-state index contributed by atoms with van der Waals surface area (Å²) < 4.78 is 17.1. The number of hydrogen-bond acceptors (Lipinski definition) is 4. The summed E-state index contributed by atoms with van der Waals surface area (Å²) in [6, 6.07) is 6.52. The van der Waals surface area contributed by atoms with Crippen molar-refractivity contribution in [2.45, 2.75) is 37.3 Å². The molecule has 3 atom stereocenters. The zero-order valence-corrected chi connectivity index (χ0v) is 12.3. The molecule has 3 aliphatic rings. The van der Waals surface area contributed by atoms with E-state index in [1.165, 1.54) is 11.1 Å². The minimum Gasteiger partial charge on any atom is -0.493 e. The molecule has 1 aromatic rings. The number of ether oxygens (including phenoxy) is 3. The first-order valence-corrected chi connectivity index (χ1v) is 7.99. The second kappa shape index (κ2) is 5.27. The SMILES string of the molecule is NC(c1ccc2c(c1)CCO2)C1CCOC2(CCOC2)C1. The zero-order chi connectivity index (χ0) is 14.3. The van der Waals surface area contributed by atoms with Crippen LogP contribution in [0.4, 0.5) is 0 Å². The first kappa shape index (κ1) is 13.6. The van der Waals surface area contributed by atoms with Crippen LogP contribution in [0.3, 0.4) is 0 Å². The molecule has 0 saturated carbocycles. The Hall–Kier alpha value is -1.10. The minimum atomic E-state index is -0.0691. The molecule has 3 heterocycles. The molecule has 2 fully saturated rings. The van der Waals surface area contributed by atoms with E-state index in [0.717, 1.165) is 57.9 Å². The Morgan fingerprint density at radius 2 is 2.19 bits per heavy atom. The lowest BCUT2D eigenvalue weighted by atomic mass is 9.79. The minimum absolute atomic E-state index is 0.0691. The molecule has 2 N–H and O–H groups in total.